The molecule has 1 N–H and O–H groups in total. The predicted octanol–water partition coefficient (Wildman–Crippen LogP) is 2.43. The van der Waals surface area contributed by atoms with E-state index in [0.29, 0.717) is 12.1 Å². The first-order chi connectivity index (χ1) is 12.7. The Bertz CT molecular complexity index is 865. The molecule has 0 saturated carbocycles. The van der Waals surface area contributed by atoms with E-state index < -0.39 is 0 Å². The van der Waals surface area contributed by atoms with Crippen LogP contribution in [-0.4, -0.2) is 49.3 Å². The third kappa shape index (κ3) is 1.50. The molecule has 3 fully saturated rings. The molecule has 1 unspecified atom stereocenters. The summed E-state index contributed by atoms with van der Waals surface area (Å²) in [5.74, 6) is -0.188. The van der Waals surface area contributed by atoms with Gasteiger partial charge in [-0.2, -0.15) is 0 Å². The minimum absolute atomic E-state index is 0.00836. The van der Waals surface area contributed by atoms with E-state index in [1.54, 1.807) is 0 Å². The quantitative estimate of drug-likeness (QED) is 0.654. The summed E-state index contributed by atoms with van der Waals surface area (Å²) in [4.78, 5) is 15.5. The zero-order valence-corrected chi connectivity index (χ0v) is 15.2. The van der Waals surface area contributed by atoms with Crippen LogP contribution in [0, 0.1) is 5.41 Å². The van der Waals surface area contributed by atoms with Gasteiger partial charge in [0, 0.05) is 29.4 Å². The van der Waals surface area contributed by atoms with Crippen molar-refractivity contribution in [1.82, 2.24) is 4.90 Å². The van der Waals surface area contributed by atoms with E-state index >= 15 is 0 Å². The van der Waals surface area contributed by atoms with E-state index in [-0.39, 0.29) is 22.9 Å². The van der Waals surface area contributed by atoms with E-state index in [1.807, 2.05) is 0 Å². The Labute approximate surface area is 153 Å². The molecule has 0 amide bonds. The van der Waals surface area contributed by atoms with Crippen LogP contribution in [0.3, 0.4) is 0 Å². The number of hydrogen-bond acceptors (Lipinski definition) is 5. The van der Waals surface area contributed by atoms with Crippen LogP contribution in [0.1, 0.15) is 31.7 Å². The van der Waals surface area contributed by atoms with Crippen molar-refractivity contribution in [3.63, 3.8) is 0 Å². The fraction of sp³-hybridized carbons (Fsp3) is 0.571. The van der Waals surface area contributed by atoms with Crippen molar-refractivity contribution < 1.29 is 14.3 Å². The van der Waals surface area contributed by atoms with Crippen LogP contribution < -0.4 is 5.32 Å². The van der Waals surface area contributed by atoms with Gasteiger partial charge < -0.3 is 14.8 Å². The number of fused-ring (bicyclic) bond motifs is 3. The average molecular weight is 352 g/mol. The molecule has 6 rings (SSSR count). The number of ether oxygens (including phenoxy) is 2. The van der Waals surface area contributed by atoms with Crippen LogP contribution in [0.2, 0.25) is 0 Å². The van der Waals surface area contributed by atoms with Crippen LogP contribution in [0.15, 0.2) is 35.5 Å². The highest BCUT2D eigenvalue weighted by atomic mass is 16.6. The van der Waals surface area contributed by atoms with Crippen LogP contribution in [-0.2, 0) is 19.7 Å². The number of hydrogen-bond donors (Lipinski definition) is 1. The molecule has 0 radical (unpaired) electrons. The Morgan fingerprint density at radius 3 is 3.08 bits per heavy atom. The molecular formula is C21H24N2O3. The van der Waals surface area contributed by atoms with Gasteiger partial charge in [-0.25, -0.2) is 4.79 Å². The topological polar surface area (TPSA) is 54.1 Å². The minimum atomic E-state index is -0.188. The maximum absolute atomic E-state index is 12.8. The highest BCUT2D eigenvalue weighted by molar-refractivity contribution is 5.93. The summed E-state index contributed by atoms with van der Waals surface area (Å²) in [5, 5.41) is 3.63. The number of benzene rings is 1. The van der Waals surface area contributed by atoms with Gasteiger partial charge in [0.15, 0.2) is 0 Å². The lowest BCUT2D eigenvalue weighted by Gasteiger charge is -2.54. The van der Waals surface area contributed by atoms with Crippen LogP contribution in [0.25, 0.3) is 0 Å². The molecule has 3 saturated heterocycles. The van der Waals surface area contributed by atoms with E-state index in [2.05, 4.69) is 41.4 Å². The van der Waals surface area contributed by atoms with Gasteiger partial charge >= 0.3 is 5.97 Å². The van der Waals surface area contributed by atoms with Gasteiger partial charge in [-0.1, -0.05) is 25.1 Å². The number of anilines is 1. The van der Waals surface area contributed by atoms with Gasteiger partial charge in [-0.05, 0) is 37.4 Å². The second-order valence-electron chi connectivity index (χ2n) is 8.49. The number of carbonyl (C=O) groups is 1. The number of methoxy groups -OCH3 is 1. The molecule has 1 spiro atoms. The molecule has 5 aliphatic rings. The minimum Gasteiger partial charge on any atom is -0.466 e. The Morgan fingerprint density at radius 1 is 1.42 bits per heavy atom. The number of piperidine rings is 1. The maximum atomic E-state index is 12.8. The van der Waals surface area contributed by atoms with Crippen molar-refractivity contribution in [3.05, 3.63) is 41.1 Å². The molecule has 5 heteroatoms. The monoisotopic (exact) mass is 352 g/mol. The van der Waals surface area contributed by atoms with Crippen molar-refractivity contribution in [1.29, 1.82) is 0 Å². The largest absolute Gasteiger partial charge is 0.466 e. The molecule has 4 heterocycles. The number of para-hydroxylation sites is 1. The average Bonchev–Trinajstić information content (AvgIpc) is 3.25. The number of rotatable bonds is 2. The molecular weight excluding hydrogens is 328 g/mol. The number of nitrogens with one attached hydrogen (secondary N) is 1. The number of carbonyl (C=O) groups excluding carboxylic acids is 1. The van der Waals surface area contributed by atoms with Gasteiger partial charge in [-0.15, -0.1) is 0 Å². The van der Waals surface area contributed by atoms with Gasteiger partial charge in [0.05, 0.1) is 30.3 Å². The molecule has 136 valence electrons. The lowest BCUT2D eigenvalue weighted by molar-refractivity contribution is -0.137. The molecule has 1 aromatic rings. The first kappa shape index (κ1) is 15.2. The van der Waals surface area contributed by atoms with Gasteiger partial charge in [0.2, 0.25) is 0 Å². The van der Waals surface area contributed by atoms with Crippen LogP contribution in [0.4, 0.5) is 5.69 Å². The molecule has 1 aromatic carbocycles. The van der Waals surface area contributed by atoms with Gasteiger partial charge in [0.1, 0.15) is 0 Å². The molecule has 26 heavy (non-hydrogen) atoms. The van der Waals surface area contributed by atoms with Crippen LogP contribution in [0.5, 0.6) is 0 Å². The van der Waals surface area contributed by atoms with Crippen molar-refractivity contribution in [2.24, 2.45) is 5.41 Å². The fourth-order valence-electron chi connectivity index (χ4n) is 6.80. The van der Waals surface area contributed by atoms with Crippen LogP contribution >= 0.6 is 0 Å². The zero-order chi connectivity index (χ0) is 17.7. The number of nitrogens with zero attached hydrogens (tertiary/aromatic N) is 1. The molecule has 0 aromatic heterocycles. The SMILES string of the molecule is CC[C@]12CC(C(=O)OC)=C3Nc4ccccc4[C@]34CCN(C[C@@H]3O[C@@H]31)C24. The van der Waals surface area contributed by atoms with Crippen molar-refractivity contribution in [2.75, 3.05) is 25.5 Å². The third-order valence-electron chi connectivity index (χ3n) is 7.74. The summed E-state index contributed by atoms with van der Waals surface area (Å²) in [5.41, 5.74) is 4.29. The zero-order valence-electron chi connectivity index (χ0n) is 15.2. The Hall–Kier alpha value is -1.85. The maximum Gasteiger partial charge on any atom is 0.335 e. The first-order valence-electron chi connectivity index (χ1n) is 9.73. The number of esters is 1. The fourth-order valence-corrected chi connectivity index (χ4v) is 6.80. The highest BCUT2D eigenvalue weighted by Crippen LogP contribution is 2.68. The van der Waals surface area contributed by atoms with E-state index in [9.17, 15) is 4.79 Å². The standard InChI is InChI=1S/C21H24N2O3/c1-3-20-10-12(18(24)25-2)16-21(13-6-4-5-7-14(13)22-16)8-9-23(19(20)21)11-15-17(20)26-15/h4-7,15,17,19,22H,3,8-11H2,1-2H3/t15-,17-,19?,20-,21+/m0/s1. The molecule has 4 aliphatic heterocycles. The van der Waals surface area contributed by atoms with Gasteiger partial charge in [-0.3, -0.25) is 4.90 Å². The van der Waals surface area contributed by atoms with E-state index in [0.717, 1.165) is 49.3 Å². The van der Waals surface area contributed by atoms with Crippen molar-refractivity contribution >= 4 is 11.7 Å². The van der Waals surface area contributed by atoms with E-state index in [4.69, 9.17) is 9.47 Å². The molecule has 1 aliphatic carbocycles. The Balaban J connectivity index is 1.66. The smallest absolute Gasteiger partial charge is 0.335 e. The number of epoxide rings is 1. The second-order valence-corrected chi connectivity index (χ2v) is 8.49. The summed E-state index contributed by atoms with van der Waals surface area (Å²) in [6.07, 6.45) is 3.44. The predicted molar refractivity (Wildman–Crippen MR) is 96.8 cm³/mol. The Kier molecular flexibility index (Phi) is 2.75. The second kappa shape index (κ2) is 4.70. The van der Waals surface area contributed by atoms with E-state index in [1.165, 1.54) is 12.7 Å². The van der Waals surface area contributed by atoms with Gasteiger partial charge in [0.25, 0.3) is 0 Å². The lowest BCUT2D eigenvalue weighted by atomic mass is 9.53. The summed E-state index contributed by atoms with van der Waals surface area (Å²) < 4.78 is 11.4. The summed E-state index contributed by atoms with van der Waals surface area (Å²) in [6, 6.07) is 8.97. The summed E-state index contributed by atoms with van der Waals surface area (Å²) in [6.45, 7) is 4.36. The first-order valence-corrected chi connectivity index (χ1v) is 9.73. The normalized spacial score (nSPS) is 41.7. The summed E-state index contributed by atoms with van der Waals surface area (Å²) >= 11 is 0. The molecule has 5 nitrogen and oxygen atoms in total. The molecule has 5 atom stereocenters. The Morgan fingerprint density at radius 2 is 2.27 bits per heavy atom. The summed E-state index contributed by atoms with van der Waals surface area (Å²) in [7, 11) is 1.49. The van der Waals surface area contributed by atoms with Crippen molar-refractivity contribution in [2.45, 2.75) is 49.9 Å². The lowest BCUT2D eigenvalue weighted by Crippen LogP contribution is -2.63. The van der Waals surface area contributed by atoms with Crippen molar-refractivity contribution in [3.8, 4) is 0 Å². The molecule has 0 bridgehead atoms. The third-order valence-corrected chi connectivity index (χ3v) is 7.74. The highest BCUT2D eigenvalue weighted by Gasteiger charge is 2.73.